The minimum absolute atomic E-state index is 0.582. The van der Waals surface area contributed by atoms with Crippen LogP contribution in [0.5, 0.6) is 0 Å². The molecule has 0 atom stereocenters. The Labute approximate surface area is 96.2 Å². The van der Waals surface area contributed by atoms with Crippen molar-refractivity contribution in [3.05, 3.63) is 22.7 Å². The molecule has 0 fully saturated rings. The average molecular weight is 270 g/mol. The average Bonchev–Trinajstić information content (AvgIpc) is 2.60. The highest BCUT2D eigenvalue weighted by Gasteiger charge is 2.09. The lowest BCUT2D eigenvalue weighted by molar-refractivity contribution is 0.584. The molecule has 15 heavy (non-hydrogen) atoms. The molecule has 0 saturated heterocycles. The standard InChI is InChI=1S/C10H12BrN3O/c1-14(5-4-12)10-13-8-3-2-7(11)6-9(8)15-10/h2-3,6H,4-5,12H2,1H3. The van der Waals surface area contributed by atoms with Crippen LogP contribution in [0.2, 0.25) is 0 Å². The number of anilines is 1. The molecule has 0 aliphatic carbocycles. The fourth-order valence-electron chi connectivity index (χ4n) is 1.34. The van der Waals surface area contributed by atoms with Crippen molar-refractivity contribution in [1.29, 1.82) is 0 Å². The molecule has 0 spiro atoms. The molecule has 1 heterocycles. The quantitative estimate of drug-likeness (QED) is 0.926. The summed E-state index contributed by atoms with van der Waals surface area (Å²) in [5, 5.41) is 0. The number of halogens is 1. The molecule has 2 aromatic rings. The molecule has 1 aromatic heterocycles. The van der Waals surface area contributed by atoms with E-state index in [1.807, 2.05) is 30.1 Å². The Hall–Kier alpha value is -1.07. The molecule has 0 aliphatic heterocycles. The number of aromatic nitrogens is 1. The Balaban J connectivity index is 2.38. The second-order valence-corrected chi connectivity index (χ2v) is 4.23. The van der Waals surface area contributed by atoms with Crippen LogP contribution in [0.4, 0.5) is 6.01 Å². The van der Waals surface area contributed by atoms with Gasteiger partial charge in [-0.25, -0.2) is 0 Å². The number of hydrogen-bond donors (Lipinski definition) is 1. The normalized spacial score (nSPS) is 10.9. The molecular formula is C10H12BrN3O. The number of nitrogens with zero attached hydrogens (tertiary/aromatic N) is 2. The fraction of sp³-hybridized carbons (Fsp3) is 0.300. The molecule has 0 amide bonds. The monoisotopic (exact) mass is 269 g/mol. The SMILES string of the molecule is CN(CCN)c1nc2ccc(Br)cc2o1. The largest absolute Gasteiger partial charge is 0.423 e. The minimum atomic E-state index is 0.582. The second-order valence-electron chi connectivity index (χ2n) is 3.32. The fourth-order valence-corrected chi connectivity index (χ4v) is 1.68. The summed E-state index contributed by atoms with van der Waals surface area (Å²) in [6, 6.07) is 6.37. The van der Waals surface area contributed by atoms with Crippen LogP contribution >= 0.6 is 15.9 Å². The lowest BCUT2D eigenvalue weighted by atomic mass is 10.3. The number of rotatable bonds is 3. The summed E-state index contributed by atoms with van der Waals surface area (Å²) in [7, 11) is 1.91. The molecule has 0 aliphatic rings. The third-order valence-corrected chi connectivity index (χ3v) is 2.62. The highest BCUT2D eigenvalue weighted by atomic mass is 79.9. The van der Waals surface area contributed by atoms with Crippen LogP contribution in [-0.2, 0) is 0 Å². The van der Waals surface area contributed by atoms with E-state index in [2.05, 4.69) is 20.9 Å². The third-order valence-electron chi connectivity index (χ3n) is 2.13. The predicted octanol–water partition coefficient (Wildman–Crippen LogP) is 1.99. The van der Waals surface area contributed by atoms with Gasteiger partial charge >= 0.3 is 0 Å². The van der Waals surface area contributed by atoms with Gasteiger partial charge in [0.1, 0.15) is 5.52 Å². The molecule has 0 radical (unpaired) electrons. The number of nitrogens with two attached hydrogens (primary N) is 1. The van der Waals surface area contributed by atoms with Crippen LogP contribution in [0.25, 0.3) is 11.1 Å². The Morgan fingerprint density at radius 2 is 2.33 bits per heavy atom. The van der Waals surface area contributed by atoms with Gasteiger partial charge in [0.15, 0.2) is 5.58 Å². The van der Waals surface area contributed by atoms with Gasteiger partial charge in [0, 0.05) is 24.6 Å². The van der Waals surface area contributed by atoms with E-state index in [0.717, 1.165) is 22.1 Å². The zero-order valence-corrected chi connectivity index (χ0v) is 9.99. The highest BCUT2D eigenvalue weighted by Crippen LogP contribution is 2.23. The van der Waals surface area contributed by atoms with Gasteiger partial charge in [0.25, 0.3) is 6.01 Å². The predicted molar refractivity (Wildman–Crippen MR) is 64.0 cm³/mol. The second kappa shape index (κ2) is 4.20. The van der Waals surface area contributed by atoms with Crippen molar-refractivity contribution >= 4 is 33.0 Å². The van der Waals surface area contributed by atoms with E-state index in [1.54, 1.807) is 0 Å². The summed E-state index contributed by atoms with van der Waals surface area (Å²) in [5.74, 6) is 0. The number of benzene rings is 1. The van der Waals surface area contributed by atoms with Crippen LogP contribution in [0.1, 0.15) is 0 Å². The van der Waals surface area contributed by atoms with Gasteiger partial charge in [0.05, 0.1) is 0 Å². The molecule has 0 saturated carbocycles. The van der Waals surface area contributed by atoms with Crippen LogP contribution < -0.4 is 10.6 Å². The van der Waals surface area contributed by atoms with Crippen LogP contribution in [-0.4, -0.2) is 25.1 Å². The number of fused-ring (bicyclic) bond motifs is 1. The Bertz CT molecular complexity index is 469. The Morgan fingerprint density at radius 1 is 1.53 bits per heavy atom. The van der Waals surface area contributed by atoms with Gasteiger partial charge in [-0.1, -0.05) is 15.9 Å². The van der Waals surface area contributed by atoms with Gasteiger partial charge < -0.3 is 15.1 Å². The molecule has 2 rings (SSSR count). The first-order valence-corrected chi connectivity index (χ1v) is 5.47. The van der Waals surface area contributed by atoms with Crippen LogP contribution in [0.3, 0.4) is 0 Å². The summed E-state index contributed by atoms with van der Waals surface area (Å²) in [5.41, 5.74) is 7.11. The van der Waals surface area contributed by atoms with Crippen molar-refractivity contribution in [1.82, 2.24) is 4.98 Å². The maximum atomic E-state index is 5.59. The van der Waals surface area contributed by atoms with E-state index in [1.165, 1.54) is 0 Å². The van der Waals surface area contributed by atoms with E-state index < -0.39 is 0 Å². The first kappa shape index (κ1) is 10.4. The van der Waals surface area contributed by atoms with Gasteiger partial charge in [-0.3, -0.25) is 0 Å². The highest BCUT2D eigenvalue weighted by molar-refractivity contribution is 9.10. The molecule has 4 nitrogen and oxygen atoms in total. The molecule has 5 heteroatoms. The van der Waals surface area contributed by atoms with Crippen LogP contribution in [0, 0.1) is 0 Å². The first-order valence-electron chi connectivity index (χ1n) is 4.68. The maximum Gasteiger partial charge on any atom is 0.298 e. The van der Waals surface area contributed by atoms with Gasteiger partial charge in [-0.15, -0.1) is 0 Å². The molecule has 80 valence electrons. The van der Waals surface area contributed by atoms with Crippen molar-refractivity contribution in [2.75, 3.05) is 25.0 Å². The van der Waals surface area contributed by atoms with Crippen molar-refractivity contribution < 1.29 is 4.42 Å². The van der Waals surface area contributed by atoms with Gasteiger partial charge in [0.2, 0.25) is 0 Å². The summed E-state index contributed by atoms with van der Waals surface area (Å²) in [6.45, 7) is 1.31. The van der Waals surface area contributed by atoms with Crippen molar-refractivity contribution in [2.45, 2.75) is 0 Å². The minimum Gasteiger partial charge on any atom is -0.423 e. The summed E-state index contributed by atoms with van der Waals surface area (Å²) < 4.78 is 6.58. The van der Waals surface area contributed by atoms with E-state index in [4.69, 9.17) is 10.2 Å². The molecule has 2 N–H and O–H groups in total. The van der Waals surface area contributed by atoms with E-state index in [-0.39, 0.29) is 0 Å². The number of likely N-dealkylation sites (N-methyl/N-ethyl adjacent to an activating group) is 1. The summed E-state index contributed by atoms with van der Waals surface area (Å²) in [4.78, 5) is 6.25. The molecule has 0 unspecified atom stereocenters. The number of oxazole rings is 1. The maximum absolute atomic E-state index is 5.59. The van der Waals surface area contributed by atoms with E-state index in [9.17, 15) is 0 Å². The topological polar surface area (TPSA) is 55.3 Å². The lowest BCUT2D eigenvalue weighted by Gasteiger charge is -2.11. The zero-order chi connectivity index (χ0) is 10.8. The van der Waals surface area contributed by atoms with Crippen molar-refractivity contribution in [3.63, 3.8) is 0 Å². The van der Waals surface area contributed by atoms with Gasteiger partial charge in [-0.05, 0) is 18.2 Å². The Morgan fingerprint density at radius 3 is 3.07 bits per heavy atom. The van der Waals surface area contributed by atoms with E-state index >= 15 is 0 Å². The molecule has 0 bridgehead atoms. The van der Waals surface area contributed by atoms with Gasteiger partial charge in [-0.2, -0.15) is 4.98 Å². The molecule has 1 aromatic carbocycles. The molecular weight excluding hydrogens is 258 g/mol. The first-order chi connectivity index (χ1) is 7.20. The zero-order valence-electron chi connectivity index (χ0n) is 8.40. The summed E-state index contributed by atoms with van der Waals surface area (Å²) >= 11 is 3.39. The smallest absolute Gasteiger partial charge is 0.298 e. The van der Waals surface area contributed by atoms with E-state index in [0.29, 0.717) is 12.6 Å². The van der Waals surface area contributed by atoms with Crippen LogP contribution in [0.15, 0.2) is 27.1 Å². The van der Waals surface area contributed by atoms with Crippen molar-refractivity contribution in [2.24, 2.45) is 5.73 Å². The third kappa shape index (κ3) is 2.13. The van der Waals surface area contributed by atoms with Crippen molar-refractivity contribution in [3.8, 4) is 0 Å². The lowest BCUT2D eigenvalue weighted by Crippen LogP contribution is -2.25. The Kier molecular flexibility index (Phi) is 2.93. The summed E-state index contributed by atoms with van der Waals surface area (Å²) in [6.07, 6.45) is 0. The number of hydrogen-bond acceptors (Lipinski definition) is 4.